The Morgan fingerprint density at radius 3 is 2.00 bits per heavy atom. The number of ether oxygens (including phenoxy) is 4. The molecule has 0 bridgehead atoms. The number of rotatable bonds is 10. The first kappa shape index (κ1) is 26.0. The zero-order valence-corrected chi connectivity index (χ0v) is 21.2. The van der Waals surface area contributed by atoms with E-state index in [2.05, 4.69) is 0 Å². The van der Waals surface area contributed by atoms with Gasteiger partial charge < -0.3 is 28.7 Å². The Bertz CT molecular complexity index is 1100. The summed E-state index contributed by atoms with van der Waals surface area (Å²) < 4.78 is 21.7. The van der Waals surface area contributed by atoms with Crippen LogP contribution in [0.3, 0.4) is 0 Å². The maximum Gasteiger partial charge on any atom is 0.291 e. The van der Waals surface area contributed by atoms with E-state index < -0.39 is 29.4 Å². The lowest BCUT2D eigenvalue weighted by atomic mass is 9.85. The first-order valence-corrected chi connectivity index (χ1v) is 11.2. The topological polar surface area (TPSA) is 94.6 Å². The highest BCUT2D eigenvalue weighted by atomic mass is 16.5. The maximum atomic E-state index is 13.7. The number of aryl methyl sites for hydroxylation is 1. The summed E-state index contributed by atoms with van der Waals surface area (Å²) in [5.74, 6) is -1.33. The summed E-state index contributed by atoms with van der Waals surface area (Å²) in [6.07, 6.45) is 0. The van der Waals surface area contributed by atoms with Gasteiger partial charge in [0.2, 0.25) is 11.5 Å². The standard InChI is InChI=1S/C26H32N2O7/c1-15-12-16(8-9-18(15)32-4)23(29)21-22(28(11-10-27(2)3)26(31)24(21)30)17-13-19(33-5)25(35-7)20(14-17)34-6/h8-9,12-14,21-22H,10-11H2,1-7H3. The third kappa shape index (κ3) is 4.95. The van der Waals surface area contributed by atoms with Gasteiger partial charge in [-0.1, -0.05) is 0 Å². The lowest BCUT2D eigenvalue weighted by Crippen LogP contribution is -2.36. The molecule has 1 heterocycles. The molecule has 0 aliphatic carbocycles. The van der Waals surface area contributed by atoms with E-state index in [0.717, 1.165) is 5.56 Å². The van der Waals surface area contributed by atoms with Crippen LogP contribution in [0.1, 0.15) is 27.5 Å². The summed E-state index contributed by atoms with van der Waals surface area (Å²) in [7, 11) is 9.76. The second-order valence-corrected chi connectivity index (χ2v) is 8.60. The number of carbonyl (C=O) groups excluding carboxylic acids is 3. The van der Waals surface area contributed by atoms with E-state index in [1.165, 1.54) is 26.2 Å². The Morgan fingerprint density at radius 1 is 0.914 bits per heavy atom. The number of likely N-dealkylation sites (tertiary alicyclic amines) is 1. The first-order chi connectivity index (χ1) is 16.7. The van der Waals surface area contributed by atoms with Crippen molar-refractivity contribution in [2.45, 2.75) is 13.0 Å². The third-order valence-electron chi connectivity index (χ3n) is 6.18. The van der Waals surface area contributed by atoms with E-state index in [9.17, 15) is 14.4 Å². The molecule has 1 aliphatic rings. The average molecular weight is 485 g/mol. The van der Waals surface area contributed by atoms with Crippen molar-refractivity contribution in [2.75, 3.05) is 55.6 Å². The molecular weight excluding hydrogens is 452 g/mol. The number of nitrogens with zero attached hydrogens (tertiary/aromatic N) is 2. The number of Topliss-reactive ketones (excluding diaryl/α,β-unsaturated/α-hetero) is 2. The molecular formula is C26H32N2O7. The zero-order chi connectivity index (χ0) is 25.9. The summed E-state index contributed by atoms with van der Waals surface area (Å²) in [4.78, 5) is 43.5. The number of ketones is 2. The van der Waals surface area contributed by atoms with Gasteiger partial charge in [0.15, 0.2) is 17.3 Å². The van der Waals surface area contributed by atoms with E-state index in [4.69, 9.17) is 18.9 Å². The molecule has 0 spiro atoms. The molecule has 1 fully saturated rings. The Morgan fingerprint density at radius 2 is 1.51 bits per heavy atom. The van der Waals surface area contributed by atoms with Crippen molar-refractivity contribution >= 4 is 17.5 Å². The molecule has 3 rings (SSSR count). The Kier molecular flexibility index (Phi) is 8.01. The summed E-state index contributed by atoms with van der Waals surface area (Å²) >= 11 is 0. The van der Waals surface area contributed by atoms with Crippen LogP contribution in [0.15, 0.2) is 30.3 Å². The smallest absolute Gasteiger partial charge is 0.291 e. The maximum absolute atomic E-state index is 13.7. The predicted molar refractivity (Wildman–Crippen MR) is 130 cm³/mol. The third-order valence-corrected chi connectivity index (χ3v) is 6.18. The van der Waals surface area contributed by atoms with Crippen molar-refractivity contribution in [3.05, 3.63) is 47.0 Å². The van der Waals surface area contributed by atoms with Crippen molar-refractivity contribution in [3.63, 3.8) is 0 Å². The van der Waals surface area contributed by atoms with Gasteiger partial charge in [0.1, 0.15) is 11.7 Å². The Hall–Kier alpha value is -3.59. The van der Waals surface area contributed by atoms with Crippen molar-refractivity contribution in [1.82, 2.24) is 9.80 Å². The minimum atomic E-state index is -1.22. The average Bonchev–Trinajstić information content (AvgIpc) is 3.10. The minimum absolute atomic E-state index is 0.268. The molecule has 35 heavy (non-hydrogen) atoms. The predicted octanol–water partition coefficient (Wildman–Crippen LogP) is 2.54. The summed E-state index contributed by atoms with van der Waals surface area (Å²) in [5, 5.41) is 0. The van der Waals surface area contributed by atoms with Gasteiger partial charge in [-0.05, 0) is 62.5 Å². The van der Waals surface area contributed by atoms with Crippen LogP contribution in [0, 0.1) is 12.8 Å². The van der Waals surface area contributed by atoms with Gasteiger partial charge >= 0.3 is 0 Å². The fourth-order valence-electron chi connectivity index (χ4n) is 4.39. The molecule has 9 nitrogen and oxygen atoms in total. The van der Waals surface area contributed by atoms with Gasteiger partial charge in [-0.2, -0.15) is 0 Å². The number of benzene rings is 2. The fraction of sp³-hybridized carbons (Fsp3) is 0.423. The molecule has 0 saturated carbocycles. The van der Waals surface area contributed by atoms with Crippen LogP contribution in [0.2, 0.25) is 0 Å². The second kappa shape index (κ2) is 10.8. The van der Waals surface area contributed by atoms with Crippen LogP contribution in [-0.2, 0) is 9.59 Å². The summed E-state index contributed by atoms with van der Waals surface area (Å²) in [6.45, 7) is 2.60. The van der Waals surface area contributed by atoms with Crippen molar-refractivity contribution < 1.29 is 33.3 Å². The number of amides is 1. The van der Waals surface area contributed by atoms with Crippen LogP contribution < -0.4 is 18.9 Å². The molecule has 188 valence electrons. The number of carbonyl (C=O) groups is 3. The van der Waals surface area contributed by atoms with E-state index in [1.54, 1.807) is 37.4 Å². The lowest BCUT2D eigenvalue weighted by Gasteiger charge is -2.29. The van der Waals surface area contributed by atoms with Gasteiger partial charge in [0.25, 0.3) is 5.91 Å². The highest BCUT2D eigenvalue weighted by molar-refractivity contribution is 6.44. The molecule has 1 saturated heterocycles. The van der Waals surface area contributed by atoms with E-state index in [0.29, 0.717) is 40.7 Å². The van der Waals surface area contributed by atoms with E-state index in [1.807, 2.05) is 25.9 Å². The normalized spacial score (nSPS) is 17.7. The molecule has 2 aromatic carbocycles. The summed E-state index contributed by atoms with van der Waals surface area (Å²) in [5.41, 5.74) is 1.63. The SMILES string of the molecule is COc1ccc(C(=O)C2C(=O)C(=O)N(CCN(C)C)C2c2cc(OC)c(OC)c(OC)c2)cc1C. The molecule has 1 amide bonds. The van der Waals surface area contributed by atoms with E-state index in [-0.39, 0.29) is 6.54 Å². The van der Waals surface area contributed by atoms with Gasteiger partial charge in [-0.15, -0.1) is 0 Å². The van der Waals surface area contributed by atoms with Gasteiger partial charge in [-0.25, -0.2) is 0 Å². The second-order valence-electron chi connectivity index (χ2n) is 8.60. The number of methoxy groups -OCH3 is 4. The van der Waals surface area contributed by atoms with Crippen LogP contribution >= 0.6 is 0 Å². The van der Waals surface area contributed by atoms with Crippen molar-refractivity contribution in [3.8, 4) is 23.0 Å². The number of likely N-dealkylation sites (N-methyl/N-ethyl adjacent to an activating group) is 1. The van der Waals surface area contributed by atoms with Gasteiger partial charge in [0, 0.05) is 18.7 Å². The van der Waals surface area contributed by atoms with Gasteiger partial charge in [-0.3, -0.25) is 14.4 Å². The van der Waals surface area contributed by atoms with Crippen LogP contribution in [-0.4, -0.2) is 82.9 Å². The van der Waals surface area contributed by atoms with Crippen LogP contribution in [0.25, 0.3) is 0 Å². The number of hydrogen-bond donors (Lipinski definition) is 0. The van der Waals surface area contributed by atoms with Crippen molar-refractivity contribution in [1.29, 1.82) is 0 Å². The summed E-state index contributed by atoms with van der Waals surface area (Å²) in [6, 6.07) is 7.50. The number of hydrogen-bond acceptors (Lipinski definition) is 8. The molecule has 0 aromatic heterocycles. The molecule has 9 heteroatoms. The minimum Gasteiger partial charge on any atom is -0.496 e. The van der Waals surface area contributed by atoms with Crippen molar-refractivity contribution in [2.24, 2.45) is 5.92 Å². The highest BCUT2D eigenvalue weighted by Crippen LogP contribution is 2.45. The Balaban J connectivity index is 2.16. The highest BCUT2D eigenvalue weighted by Gasteiger charge is 2.51. The first-order valence-electron chi connectivity index (χ1n) is 11.2. The van der Waals surface area contributed by atoms with Crippen LogP contribution in [0.4, 0.5) is 0 Å². The lowest BCUT2D eigenvalue weighted by molar-refractivity contribution is -0.140. The molecule has 2 unspecified atom stereocenters. The van der Waals surface area contributed by atoms with Gasteiger partial charge in [0.05, 0.1) is 34.5 Å². The molecule has 0 N–H and O–H groups in total. The molecule has 2 atom stereocenters. The van der Waals surface area contributed by atoms with E-state index >= 15 is 0 Å². The zero-order valence-electron chi connectivity index (χ0n) is 21.2. The quantitative estimate of drug-likeness (QED) is 0.289. The van der Waals surface area contributed by atoms with Crippen LogP contribution in [0.5, 0.6) is 23.0 Å². The monoisotopic (exact) mass is 484 g/mol. The molecule has 1 aliphatic heterocycles. The molecule has 2 aromatic rings. The molecule has 0 radical (unpaired) electrons. The fourth-order valence-corrected chi connectivity index (χ4v) is 4.39. The Labute approximate surface area is 205 Å². The largest absolute Gasteiger partial charge is 0.496 e.